The molecular formula is C25H33N3O3S. The Morgan fingerprint density at radius 2 is 1.81 bits per heavy atom. The van der Waals surface area contributed by atoms with Gasteiger partial charge in [-0.15, -0.1) is 0 Å². The number of methoxy groups -OCH3 is 1. The van der Waals surface area contributed by atoms with Crippen molar-refractivity contribution in [3.8, 4) is 0 Å². The molecule has 4 fully saturated rings. The van der Waals surface area contributed by atoms with Crippen LogP contribution in [-0.2, 0) is 9.53 Å². The summed E-state index contributed by atoms with van der Waals surface area (Å²) < 4.78 is 7.00. The van der Waals surface area contributed by atoms with Gasteiger partial charge in [-0.3, -0.25) is 14.2 Å². The van der Waals surface area contributed by atoms with Crippen LogP contribution in [0.15, 0.2) is 34.2 Å². The highest BCUT2D eigenvalue weighted by Gasteiger charge is 2.51. The van der Waals surface area contributed by atoms with Crippen LogP contribution in [0.3, 0.4) is 0 Å². The molecule has 7 heteroatoms. The minimum absolute atomic E-state index is 0.0134. The lowest BCUT2D eigenvalue weighted by atomic mass is 9.53. The molecule has 4 saturated carbocycles. The molecule has 0 aliphatic heterocycles. The molecule has 6 rings (SSSR count). The van der Waals surface area contributed by atoms with Crippen LogP contribution >= 0.6 is 11.8 Å². The third kappa shape index (κ3) is 3.98. The second kappa shape index (κ2) is 8.49. The van der Waals surface area contributed by atoms with Crippen molar-refractivity contribution < 1.29 is 9.53 Å². The summed E-state index contributed by atoms with van der Waals surface area (Å²) in [7, 11) is 1.63. The smallest absolute Gasteiger partial charge is 0.262 e. The van der Waals surface area contributed by atoms with Crippen LogP contribution in [0.4, 0.5) is 0 Å². The highest BCUT2D eigenvalue weighted by Crippen LogP contribution is 2.55. The Labute approximate surface area is 193 Å². The zero-order valence-corrected chi connectivity index (χ0v) is 20.0. The summed E-state index contributed by atoms with van der Waals surface area (Å²) in [6.07, 6.45) is 7.45. The molecule has 0 radical (unpaired) electrons. The molecule has 1 aromatic carbocycles. The van der Waals surface area contributed by atoms with Gasteiger partial charge in [0.2, 0.25) is 5.91 Å². The van der Waals surface area contributed by atoms with Crippen molar-refractivity contribution >= 4 is 28.6 Å². The van der Waals surface area contributed by atoms with E-state index in [0.717, 1.165) is 37.0 Å². The molecule has 172 valence electrons. The van der Waals surface area contributed by atoms with E-state index in [1.54, 1.807) is 17.7 Å². The van der Waals surface area contributed by atoms with Gasteiger partial charge in [-0.25, -0.2) is 4.98 Å². The fourth-order valence-electron chi connectivity index (χ4n) is 6.75. The van der Waals surface area contributed by atoms with Gasteiger partial charge in [0, 0.05) is 12.6 Å². The first-order valence-corrected chi connectivity index (χ1v) is 12.7. The van der Waals surface area contributed by atoms with Crippen molar-refractivity contribution in [1.29, 1.82) is 0 Å². The molecule has 4 bridgehead atoms. The number of nitrogens with zero attached hydrogens (tertiary/aromatic N) is 2. The molecular weight excluding hydrogens is 422 g/mol. The summed E-state index contributed by atoms with van der Waals surface area (Å²) in [5.74, 6) is 2.41. The Bertz CT molecular complexity index is 1050. The predicted molar refractivity (Wildman–Crippen MR) is 127 cm³/mol. The molecule has 1 amide bonds. The number of fused-ring (bicyclic) bond motifs is 1. The van der Waals surface area contributed by atoms with Gasteiger partial charge in [0.15, 0.2) is 5.16 Å². The second-order valence-electron chi connectivity index (χ2n) is 10.3. The zero-order chi connectivity index (χ0) is 22.5. The molecule has 4 aliphatic rings. The van der Waals surface area contributed by atoms with Crippen LogP contribution in [0, 0.1) is 17.8 Å². The molecule has 6 nitrogen and oxygen atoms in total. The minimum atomic E-state index is -0.336. The highest BCUT2D eigenvalue weighted by molar-refractivity contribution is 8.00. The Hall–Kier alpha value is -1.86. The third-order valence-corrected chi connectivity index (χ3v) is 8.77. The summed E-state index contributed by atoms with van der Waals surface area (Å²) >= 11 is 1.37. The number of carbonyl (C=O) groups excluding carboxylic acids is 1. The van der Waals surface area contributed by atoms with E-state index in [-0.39, 0.29) is 28.3 Å². The average Bonchev–Trinajstić information content (AvgIpc) is 2.72. The summed E-state index contributed by atoms with van der Waals surface area (Å²) in [5, 5.41) is 4.30. The standard InChI is InChI=1S/C25H33N3O3S/c1-15(14-31-3)28-23(30)20-6-4-5-7-21(20)26-24(28)32-16(2)22(29)27-25-11-17-8-18(12-25)10-19(9-17)13-25/h4-7,15-19H,8-14H2,1-3H3,(H,27,29). The maximum Gasteiger partial charge on any atom is 0.262 e. The van der Waals surface area contributed by atoms with Crippen molar-refractivity contribution in [3.63, 3.8) is 0 Å². The molecule has 32 heavy (non-hydrogen) atoms. The van der Waals surface area contributed by atoms with E-state index >= 15 is 0 Å². The number of hydrogen-bond acceptors (Lipinski definition) is 5. The number of nitrogens with one attached hydrogen (secondary N) is 1. The number of aromatic nitrogens is 2. The van der Waals surface area contributed by atoms with Gasteiger partial charge in [0.25, 0.3) is 5.56 Å². The number of hydrogen-bond donors (Lipinski definition) is 1. The predicted octanol–water partition coefficient (Wildman–Crippen LogP) is 4.17. The lowest BCUT2D eigenvalue weighted by molar-refractivity contribution is -0.126. The van der Waals surface area contributed by atoms with Gasteiger partial charge in [-0.2, -0.15) is 0 Å². The monoisotopic (exact) mass is 455 g/mol. The van der Waals surface area contributed by atoms with Gasteiger partial charge in [-0.1, -0.05) is 23.9 Å². The quantitative estimate of drug-likeness (QED) is 0.501. The molecule has 1 N–H and O–H groups in total. The maximum absolute atomic E-state index is 13.3. The van der Waals surface area contributed by atoms with E-state index in [0.29, 0.717) is 22.7 Å². The van der Waals surface area contributed by atoms with Crippen LogP contribution in [0.1, 0.15) is 58.4 Å². The van der Waals surface area contributed by atoms with Crippen LogP contribution < -0.4 is 10.9 Å². The zero-order valence-electron chi connectivity index (χ0n) is 19.2. The summed E-state index contributed by atoms with van der Waals surface area (Å²) in [4.78, 5) is 31.4. The van der Waals surface area contributed by atoms with E-state index in [4.69, 9.17) is 9.72 Å². The van der Waals surface area contributed by atoms with E-state index in [2.05, 4.69) is 5.32 Å². The van der Waals surface area contributed by atoms with Crippen LogP contribution in [0.2, 0.25) is 0 Å². The SMILES string of the molecule is COCC(C)n1c(SC(C)C(=O)NC23CC4CC(CC(C4)C2)C3)nc2ccccc2c1=O. The van der Waals surface area contributed by atoms with Gasteiger partial charge in [0.05, 0.1) is 28.8 Å². The largest absolute Gasteiger partial charge is 0.383 e. The Kier molecular flexibility index (Phi) is 5.82. The van der Waals surface area contributed by atoms with Crippen LogP contribution in [0.25, 0.3) is 10.9 Å². The van der Waals surface area contributed by atoms with Gasteiger partial charge >= 0.3 is 0 Å². The third-order valence-electron chi connectivity index (χ3n) is 7.70. The van der Waals surface area contributed by atoms with Crippen molar-refractivity contribution in [3.05, 3.63) is 34.6 Å². The molecule has 2 atom stereocenters. The Balaban J connectivity index is 1.39. The summed E-state index contributed by atoms with van der Waals surface area (Å²) in [6.45, 7) is 4.28. The molecule has 0 saturated heterocycles. The molecule has 2 unspecified atom stereocenters. The Morgan fingerprint density at radius 3 is 2.44 bits per heavy atom. The fourth-order valence-corrected chi connectivity index (χ4v) is 7.76. The van der Waals surface area contributed by atoms with Crippen LogP contribution in [0.5, 0.6) is 0 Å². The number of thioether (sulfide) groups is 1. The first kappa shape index (κ1) is 22.0. The number of amides is 1. The van der Waals surface area contributed by atoms with E-state index in [1.807, 2.05) is 32.0 Å². The number of benzene rings is 1. The first-order chi connectivity index (χ1) is 15.4. The van der Waals surface area contributed by atoms with E-state index < -0.39 is 0 Å². The molecule has 1 heterocycles. The Morgan fingerprint density at radius 1 is 1.19 bits per heavy atom. The number of para-hydroxylation sites is 1. The average molecular weight is 456 g/mol. The molecule has 1 aromatic heterocycles. The van der Waals surface area contributed by atoms with Gasteiger partial charge in [-0.05, 0) is 82.3 Å². The van der Waals surface area contributed by atoms with Gasteiger partial charge < -0.3 is 10.1 Å². The summed E-state index contributed by atoms with van der Waals surface area (Å²) in [5.41, 5.74) is 0.561. The molecule has 4 aliphatic carbocycles. The van der Waals surface area contributed by atoms with Crippen molar-refractivity contribution in [2.24, 2.45) is 17.8 Å². The van der Waals surface area contributed by atoms with Crippen molar-refractivity contribution in [1.82, 2.24) is 14.9 Å². The highest BCUT2D eigenvalue weighted by atomic mass is 32.2. The molecule has 0 spiro atoms. The second-order valence-corrected chi connectivity index (χ2v) is 11.6. The number of ether oxygens (including phenoxy) is 1. The lowest BCUT2D eigenvalue weighted by Gasteiger charge is -2.57. The minimum Gasteiger partial charge on any atom is -0.383 e. The van der Waals surface area contributed by atoms with E-state index in [1.165, 1.54) is 31.0 Å². The van der Waals surface area contributed by atoms with E-state index in [9.17, 15) is 9.59 Å². The number of rotatable bonds is 7. The fraction of sp³-hybridized carbons (Fsp3) is 0.640. The summed E-state index contributed by atoms with van der Waals surface area (Å²) in [6, 6.07) is 7.22. The van der Waals surface area contributed by atoms with Crippen molar-refractivity contribution in [2.45, 2.75) is 74.4 Å². The maximum atomic E-state index is 13.3. The first-order valence-electron chi connectivity index (χ1n) is 11.9. The normalized spacial score (nSPS) is 30.4. The van der Waals surface area contributed by atoms with Gasteiger partial charge in [0.1, 0.15) is 0 Å². The van der Waals surface area contributed by atoms with Crippen molar-refractivity contribution in [2.75, 3.05) is 13.7 Å². The lowest BCUT2D eigenvalue weighted by Crippen LogP contribution is -2.60. The topological polar surface area (TPSA) is 73.2 Å². The number of carbonyl (C=O) groups is 1. The molecule has 2 aromatic rings. The van der Waals surface area contributed by atoms with Crippen LogP contribution in [-0.4, -0.2) is 40.0 Å².